The molecule has 0 atom stereocenters. The molecule has 0 aliphatic heterocycles. The molecule has 1 amide bonds. The average molecular weight is 501 g/mol. The highest BCUT2D eigenvalue weighted by molar-refractivity contribution is 7.92. The molecular weight excluding hydrogens is 472 g/mol. The van der Waals surface area contributed by atoms with Crippen LogP contribution in [0.25, 0.3) is 0 Å². The molecule has 4 aromatic rings. The van der Waals surface area contributed by atoms with E-state index in [1.807, 2.05) is 61.5 Å². The Hall–Kier alpha value is -4.10. The summed E-state index contributed by atoms with van der Waals surface area (Å²) < 4.78 is 32.0. The van der Waals surface area contributed by atoms with Gasteiger partial charge in [0.25, 0.3) is 5.91 Å². The summed E-state index contributed by atoms with van der Waals surface area (Å²) in [6.45, 7) is 2.66. The third-order valence-electron chi connectivity index (χ3n) is 5.63. The molecule has 4 rings (SSSR count). The molecule has 36 heavy (non-hydrogen) atoms. The minimum absolute atomic E-state index is 0.212. The van der Waals surface area contributed by atoms with Gasteiger partial charge in [0.1, 0.15) is 12.4 Å². The van der Waals surface area contributed by atoms with E-state index in [1.54, 1.807) is 48.5 Å². The van der Waals surface area contributed by atoms with E-state index in [4.69, 9.17) is 4.74 Å². The Kier molecular flexibility index (Phi) is 7.71. The van der Waals surface area contributed by atoms with E-state index in [9.17, 15) is 13.2 Å². The van der Waals surface area contributed by atoms with Crippen LogP contribution in [-0.4, -0.2) is 20.6 Å². The van der Waals surface area contributed by atoms with Gasteiger partial charge in [-0.1, -0.05) is 60.2 Å². The maximum absolute atomic E-state index is 12.7. The van der Waals surface area contributed by atoms with E-state index in [0.717, 1.165) is 16.7 Å². The molecule has 0 unspecified atom stereocenters. The van der Waals surface area contributed by atoms with Crippen LogP contribution in [0.1, 0.15) is 27.0 Å². The smallest absolute Gasteiger partial charge is 0.255 e. The summed E-state index contributed by atoms with van der Waals surface area (Å²) in [6.07, 6.45) is 1.18. The molecule has 0 aliphatic rings. The predicted octanol–water partition coefficient (Wildman–Crippen LogP) is 5.79. The van der Waals surface area contributed by atoms with E-state index >= 15 is 0 Å². The number of rotatable bonds is 9. The Morgan fingerprint density at radius 2 is 1.44 bits per heavy atom. The van der Waals surface area contributed by atoms with Gasteiger partial charge in [-0.25, -0.2) is 8.42 Å². The molecular formula is C29H28N2O4S. The second-order valence-electron chi connectivity index (χ2n) is 8.55. The Labute approximate surface area is 212 Å². The summed E-state index contributed by atoms with van der Waals surface area (Å²) in [5, 5.41) is 2.86. The fourth-order valence-electron chi connectivity index (χ4n) is 3.62. The number of carbonyl (C=O) groups excluding carboxylic acids is 1. The molecule has 6 nitrogen and oxygen atoms in total. The Morgan fingerprint density at radius 1 is 0.806 bits per heavy atom. The molecule has 0 heterocycles. The lowest BCUT2D eigenvalue weighted by molar-refractivity contribution is 0.102. The van der Waals surface area contributed by atoms with Gasteiger partial charge >= 0.3 is 0 Å². The largest absolute Gasteiger partial charge is 0.489 e. The van der Waals surface area contributed by atoms with E-state index in [2.05, 4.69) is 5.32 Å². The number of hydrogen-bond donors (Lipinski definition) is 1. The summed E-state index contributed by atoms with van der Waals surface area (Å²) in [4.78, 5) is 12.7. The SMILES string of the molecule is Cc1ccc(CN(c2ccc(C(=O)Nc3ccc(OCc4ccccc4)cc3)cc2)S(C)(=O)=O)cc1. The van der Waals surface area contributed by atoms with Crippen molar-refractivity contribution < 1.29 is 17.9 Å². The van der Waals surface area contributed by atoms with Crippen LogP contribution >= 0.6 is 0 Å². The first-order chi connectivity index (χ1) is 17.3. The van der Waals surface area contributed by atoms with Crippen molar-refractivity contribution in [3.05, 3.63) is 125 Å². The number of nitrogens with one attached hydrogen (secondary N) is 1. The molecule has 184 valence electrons. The number of hydrogen-bond acceptors (Lipinski definition) is 4. The molecule has 0 fully saturated rings. The van der Waals surface area contributed by atoms with E-state index in [-0.39, 0.29) is 12.5 Å². The standard InChI is InChI=1S/C29H28N2O4S/c1-22-8-10-23(11-9-22)20-31(36(2,33)34)27-16-12-25(13-17-27)29(32)30-26-14-18-28(19-15-26)35-21-24-6-4-3-5-7-24/h3-19H,20-21H2,1-2H3,(H,30,32). The fraction of sp³-hybridized carbons (Fsp3) is 0.138. The van der Waals surface area contributed by atoms with Crippen LogP contribution in [0, 0.1) is 6.92 Å². The van der Waals surface area contributed by atoms with Gasteiger partial charge < -0.3 is 10.1 Å². The first-order valence-electron chi connectivity index (χ1n) is 11.5. The second kappa shape index (κ2) is 11.1. The lowest BCUT2D eigenvalue weighted by Crippen LogP contribution is -2.29. The number of nitrogens with zero attached hydrogens (tertiary/aromatic N) is 1. The summed E-state index contributed by atoms with van der Waals surface area (Å²) >= 11 is 0. The molecule has 0 saturated heterocycles. The summed E-state index contributed by atoms with van der Waals surface area (Å²) in [5.74, 6) is 0.416. The van der Waals surface area contributed by atoms with Crippen molar-refractivity contribution in [1.29, 1.82) is 0 Å². The van der Waals surface area contributed by atoms with Gasteiger partial charge in [0, 0.05) is 11.3 Å². The zero-order chi connectivity index (χ0) is 25.5. The topological polar surface area (TPSA) is 75.7 Å². The third-order valence-corrected chi connectivity index (χ3v) is 6.77. The number of sulfonamides is 1. The van der Waals surface area contributed by atoms with Crippen LogP contribution < -0.4 is 14.4 Å². The van der Waals surface area contributed by atoms with Crippen LogP contribution in [-0.2, 0) is 23.2 Å². The minimum atomic E-state index is -3.51. The number of carbonyl (C=O) groups is 1. The Balaban J connectivity index is 1.39. The van der Waals surface area contributed by atoms with Crippen LogP contribution in [0.4, 0.5) is 11.4 Å². The lowest BCUT2D eigenvalue weighted by Gasteiger charge is -2.23. The predicted molar refractivity (Wildman–Crippen MR) is 144 cm³/mol. The second-order valence-corrected chi connectivity index (χ2v) is 10.5. The Morgan fingerprint density at radius 3 is 2.06 bits per heavy atom. The van der Waals surface area contributed by atoms with Crippen molar-refractivity contribution in [2.24, 2.45) is 0 Å². The molecule has 0 radical (unpaired) electrons. The van der Waals surface area contributed by atoms with Crippen molar-refractivity contribution in [2.75, 3.05) is 15.9 Å². The minimum Gasteiger partial charge on any atom is -0.489 e. The maximum Gasteiger partial charge on any atom is 0.255 e. The van der Waals surface area contributed by atoms with Crippen molar-refractivity contribution in [2.45, 2.75) is 20.1 Å². The molecule has 0 aromatic heterocycles. The molecule has 4 aromatic carbocycles. The van der Waals surface area contributed by atoms with Gasteiger partial charge in [0.05, 0.1) is 18.5 Å². The quantitative estimate of drug-likeness (QED) is 0.316. The average Bonchev–Trinajstić information content (AvgIpc) is 2.88. The number of aryl methyl sites for hydroxylation is 1. The zero-order valence-corrected chi connectivity index (χ0v) is 21.0. The highest BCUT2D eigenvalue weighted by Gasteiger charge is 2.18. The van der Waals surface area contributed by atoms with Crippen molar-refractivity contribution in [1.82, 2.24) is 0 Å². The number of amides is 1. The molecule has 7 heteroatoms. The van der Waals surface area contributed by atoms with E-state index < -0.39 is 10.0 Å². The van der Waals surface area contributed by atoms with Gasteiger partial charge in [-0.05, 0) is 66.6 Å². The van der Waals surface area contributed by atoms with Gasteiger partial charge in [-0.2, -0.15) is 0 Å². The van der Waals surface area contributed by atoms with Gasteiger partial charge in [0.2, 0.25) is 10.0 Å². The van der Waals surface area contributed by atoms with E-state index in [0.29, 0.717) is 29.3 Å². The van der Waals surface area contributed by atoms with Gasteiger partial charge in [-0.3, -0.25) is 9.10 Å². The first kappa shape index (κ1) is 25.0. The maximum atomic E-state index is 12.7. The van der Waals surface area contributed by atoms with Crippen molar-refractivity contribution in [3.8, 4) is 5.75 Å². The van der Waals surface area contributed by atoms with Crippen molar-refractivity contribution in [3.63, 3.8) is 0 Å². The summed E-state index contributed by atoms with van der Waals surface area (Å²) in [5.41, 5.74) is 4.61. The number of anilines is 2. The molecule has 0 spiro atoms. The molecule has 0 aliphatic carbocycles. The van der Waals surface area contributed by atoms with Crippen LogP contribution in [0.5, 0.6) is 5.75 Å². The van der Waals surface area contributed by atoms with Crippen LogP contribution in [0.3, 0.4) is 0 Å². The monoisotopic (exact) mass is 500 g/mol. The Bertz CT molecular complexity index is 1400. The first-order valence-corrected chi connectivity index (χ1v) is 13.3. The lowest BCUT2D eigenvalue weighted by atomic mass is 10.1. The normalized spacial score (nSPS) is 11.1. The number of benzene rings is 4. The summed E-state index contributed by atoms with van der Waals surface area (Å²) in [6, 6.07) is 31.3. The summed E-state index contributed by atoms with van der Waals surface area (Å²) in [7, 11) is -3.51. The van der Waals surface area contributed by atoms with Crippen molar-refractivity contribution >= 4 is 27.3 Å². The molecule has 1 N–H and O–H groups in total. The highest BCUT2D eigenvalue weighted by Crippen LogP contribution is 2.23. The highest BCUT2D eigenvalue weighted by atomic mass is 32.2. The van der Waals surface area contributed by atoms with Gasteiger partial charge in [-0.15, -0.1) is 0 Å². The van der Waals surface area contributed by atoms with E-state index in [1.165, 1.54) is 10.6 Å². The molecule has 0 saturated carbocycles. The third kappa shape index (κ3) is 6.73. The molecule has 0 bridgehead atoms. The number of ether oxygens (including phenoxy) is 1. The van der Waals surface area contributed by atoms with Crippen LogP contribution in [0.15, 0.2) is 103 Å². The zero-order valence-electron chi connectivity index (χ0n) is 20.2. The van der Waals surface area contributed by atoms with Gasteiger partial charge in [0.15, 0.2) is 0 Å². The van der Waals surface area contributed by atoms with Crippen LogP contribution in [0.2, 0.25) is 0 Å². The fourth-order valence-corrected chi connectivity index (χ4v) is 4.51.